The molecule has 1 atom stereocenters. The summed E-state index contributed by atoms with van der Waals surface area (Å²) in [7, 11) is 0. The monoisotopic (exact) mass is 348 g/mol. The molecule has 2 aromatic carbocycles. The summed E-state index contributed by atoms with van der Waals surface area (Å²) in [6.07, 6.45) is 3.01. The number of aliphatic hydroxyl groups is 1. The van der Waals surface area contributed by atoms with Gasteiger partial charge in [-0.1, -0.05) is 37.3 Å². The van der Waals surface area contributed by atoms with Crippen LogP contribution in [0.3, 0.4) is 0 Å². The molecular formula is C22H24N2O2. The number of hydrogen-bond donors (Lipinski definition) is 2. The van der Waals surface area contributed by atoms with Crippen LogP contribution in [0.1, 0.15) is 49.7 Å². The first-order valence-electron chi connectivity index (χ1n) is 9.10. The van der Waals surface area contributed by atoms with Gasteiger partial charge in [0, 0.05) is 5.69 Å². The molecule has 134 valence electrons. The molecule has 1 aliphatic carbocycles. The molecule has 0 aromatic heterocycles. The molecule has 1 fully saturated rings. The minimum Gasteiger partial charge on any atom is -0.389 e. The summed E-state index contributed by atoms with van der Waals surface area (Å²) in [6.45, 7) is 1.79. The van der Waals surface area contributed by atoms with Crippen LogP contribution in [0, 0.1) is 17.2 Å². The first-order chi connectivity index (χ1) is 12.5. The third-order valence-electron chi connectivity index (χ3n) is 5.60. The van der Waals surface area contributed by atoms with E-state index in [-0.39, 0.29) is 5.91 Å². The molecule has 0 radical (unpaired) electrons. The van der Waals surface area contributed by atoms with Gasteiger partial charge in [0.2, 0.25) is 5.91 Å². The van der Waals surface area contributed by atoms with E-state index < -0.39 is 11.5 Å². The largest absolute Gasteiger partial charge is 0.389 e. The van der Waals surface area contributed by atoms with E-state index in [9.17, 15) is 9.90 Å². The molecule has 4 heteroatoms. The van der Waals surface area contributed by atoms with Crippen molar-refractivity contribution in [2.45, 2.75) is 44.1 Å². The number of amides is 1. The molecule has 0 spiro atoms. The van der Waals surface area contributed by atoms with Crippen LogP contribution in [0.25, 0.3) is 0 Å². The molecule has 0 saturated heterocycles. The predicted molar refractivity (Wildman–Crippen MR) is 102 cm³/mol. The second-order valence-corrected chi connectivity index (χ2v) is 7.19. The molecule has 0 aliphatic heterocycles. The Morgan fingerprint density at radius 1 is 1.15 bits per heavy atom. The predicted octanol–water partition coefficient (Wildman–Crippen LogP) is 4.22. The minimum atomic E-state index is -0.970. The number of anilines is 1. The number of rotatable bonds is 4. The van der Waals surface area contributed by atoms with E-state index >= 15 is 0 Å². The summed E-state index contributed by atoms with van der Waals surface area (Å²) >= 11 is 0. The van der Waals surface area contributed by atoms with E-state index in [4.69, 9.17) is 5.26 Å². The van der Waals surface area contributed by atoms with Crippen LogP contribution >= 0.6 is 0 Å². The lowest BCUT2D eigenvalue weighted by Gasteiger charge is -2.39. The van der Waals surface area contributed by atoms with Gasteiger partial charge in [-0.2, -0.15) is 5.26 Å². The van der Waals surface area contributed by atoms with Crippen LogP contribution in [-0.2, 0) is 4.79 Å². The number of nitrogens with one attached hydrogen (secondary N) is 1. The number of benzene rings is 2. The van der Waals surface area contributed by atoms with Crippen molar-refractivity contribution in [3.8, 4) is 6.07 Å². The molecule has 1 saturated carbocycles. The Labute approximate surface area is 154 Å². The lowest BCUT2D eigenvalue weighted by Crippen LogP contribution is -2.45. The quantitative estimate of drug-likeness (QED) is 0.869. The Bertz CT molecular complexity index is 785. The lowest BCUT2D eigenvalue weighted by molar-refractivity contribution is -0.131. The molecule has 26 heavy (non-hydrogen) atoms. The van der Waals surface area contributed by atoms with E-state index in [1.54, 1.807) is 31.2 Å². The van der Waals surface area contributed by atoms with Crippen molar-refractivity contribution in [1.82, 2.24) is 0 Å². The van der Waals surface area contributed by atoms with Crippen LogP contribution in [0.2, 0.25) is 0 Å². The Hall–Kier alpha value is -2.64. The van der Waals surface area contributed by atoms with Gasteiger partial charge >= 0.3 is 0 Å². The lowest BCUT2D eigenvalue weighted by atomic mass is 9.71. The fourth-order valence-corrected chi connectivity index (χ4v) is 3.73. The van der Waals surface area contributed by atoms with Crippen molar-refractivity contribution in [3.63, 3.8) is 0 Å². The number of carbonyl (C=O) groups is 1. The van der Waals surface area contributed by atoms with Crippen LogP contribution in [-0.4, -0.2) is 16.6 Å². The first kappa shape index (κ1) is 18.2. The second kappa shape index (κ2) is 7.72. The highest BCUT2D eigenvalue weighted by Crippen LogP contribution is 2.41. The highest BCUT2D eigenvalue weighted by atomic mass is 16.3. The molecule has 2 N–H and O–H groups in total. The average Bonchev–Trinajstić information content (AvgIpc) is 2.69. The highest BCUT2D eigenvalue weighted by molar-refractivity contribution is 5.93. The molecule has 2 aromatic rings. The van der Waals surface area contributed by atoms with Crippen molar-refractivity contribution < 1.29 is 9.90 Å². The van der Waals surface area contributed by atoms with Gasteiger partial charge in [-0.3, -0.25) is 4.79 Å². The Balaban J connectivity index is 1.60. The van der Waals surface area contributed by atoms with E-state index in [0.29, 0.717) is 30.0 Å². The molecule has 1 amide bonds. The zero-order valence-electron chi connectivity index (χ0n) is 15.0. The molecule has 0 heterocycles. The summed E-state index contributed by atoms with van der Waals surface area (Å²) in [5.41, 5.74) is 1.53. The van der Waals surface area contributed by atoms with Gasteiger partial charge in [0.15, 0.2) is 0 Å². The molecule has 3 rings (SSSR count). The normalized spacial score (nSPS) is 23.7. The van der Waals surface area contributed by atoms with Gasteiger partial charge in [-0.05, 0) is 61.4 Å². The van der Waals surface area contributed by atoms with Crippen molar-refractivity contribution in [2.24, 2.45) is 5.92 Å². The van der Waals surface area contributed by atoms with Crippen LogP contribution in [0.5, 0.6) is 0 Å². The molecular weight excluding hydrogens is 324 g/mol. The van der Waals surface area contributed by atoms with E-state index in [1.807, 2.05) is 18.2 Å². The Morgan fingerprint density at radius 2 is 1.77 bits per heavy atom. The fourth-order valence-electron chi connectivity index (χ4n) is 3.73. The maximum absolute atomic E-state index is 12.6. The van der Waals surface area contributed by atoms with Gasteiger partial charge in [-0.15, -0.1) is 0 Å². The third kappa shape index (κ3) is 3.95. The van der Waals surface area contributed by atoms with Crippen LogP contribution < -0.4 is 5.32 Å². The maximum atomic E-state index is 12.6. The van der Waals surface area contributed by atoms with Gasteiger partial charge < -0.3 is 10.4 Å². The first-order valence-corrected chi connectivity index (χ1v) is 9.10. The minimum absolute atomic E-state index is 0.185. The van der Waals surface area contributed by atoms with Crippen molar-refractivity contribution in [3.05, 3.63) is 65.7 Å². The number of hydrogen-bond acceptors (Lipinski definition) is 3. The van der Waals surface area contributed by atoms with E-state index in [1.165, 1.54) is 5.56 Å². The number of nitriles is 1. The Morgan fingerprint density at radius 3 is 2.35 bits per heavy atom. The Kier molecular flexibility index (Phi) is 5.39. The molecule has 4 nitrogen and oxygen atoms in total. The highest BCUT2D eigenvalue weighted by Gasteiger charge is 2.41. The molecule has 0 unspecified atom stereocenters. The van der Waals surface area contributed by atoms with Crippen molar-refractivity contribution >= 4 is 11.6 Å². The number of nitrogens with zero attached hydrogens (tertiary/aromatic N) is 1. The van der Waals surface area contributed by atoms with Crippen molar-refractivity contribution in [1.29, 1.82) is 5.26 Å². The fraction of sp³-hybridized carbons (Fsp3) is 0.364. The zero-order chi connectivity index (χ0) is 18.6. The summed E-state index contributed by atoms with van der Waals surface area (Å²) in [6, 6.07) is 19.2. The SMILES string of the molecule is C[C@@H](C(=O)Nc1ccc(C#N)cc1)C1(O)CCC(c2ccccc2)CC1. The molecule has 0 bridgehead atoms. The standard InChI is InChI=1S/C22H24N2O2/c1-16(21(25)24-20-9-7-17(15-23)8-10-20)22(26)13-11-19(12-14-22)18-5-3-2-4-6-18/h2-10,16,19,26H,11-14H2,1H3,(H,24,25)/t16-,19?,22?/m0/s1. The zero-order valence-corrected chi connectivity index (χ0v) is 15.0. The van der Waals surface area contributed by atoms with E-state index in [2.05, 4.69) is 23.5 Å². The second-order valence-electron chi connectivity index (χ2n) is 7.19. The smallest absolute Gasteiger partial charge is 0.230 e. The van der Waals surface area contributed by atoms with Gasteiger partial charge in [0.05, 0.1) is 23.2 Å². The van der Waals surface area contributed by atoms with Crippen molar-refractivity contribution in [2.75, 3.05) is 5.32 Å². The van der Waals surface area contributed by atoms with Gasteiger partial charge in [0.25, 0.3) is 0 Å². The van der Waals surface area contributed by atoms with Crippen LogP contribution in [0.4, 0.5) is 5.69 Å². The summed E-state index contributed by atoms with van der Waals surface area (Å²) < 4.78 is 0. The van der Waals surface area contributed by atoms with Gasteiger partial charge in [0.1, 0.15) is 0 Å². The average molecular weight is 348 g/mol. The summed E-state index contributed by atoms with van der Waals surface area (Å²) in [5, 5.41) is 22.7. The van der Waals surface area contributed by atoms with E-state index in [0.717, 1.165) is 12.8 Å². The third-order valence-corrected chi connectivity index (χ3v) is 5.60. The summed E-state index contributed by atoms with van der Waals surface area (Å²) in [4.78, 5) is 12.6. The van der Waals surface area contributed by atoms with Crippen LogP contribution in [0.15, 0.2) is 54.6 Å². The topological polar surface area (TPSA) is 73.1 Å². The van der Waals surface area contributed by atoms with Gasteiger partial charge in [-0.25, -0.2) is 0 Å². The maximum Gasteiger partial charge on any atom is 0.230 e. The molecule has 1 aliphatic rings. The number of carbonyl (C=O) groups excluding carboxylic acids is 1. The summed E-state index contributed by atoms with van der Waals surface area (Å²) in [5.74, 6) is -0.226.